The average Bonchev–Trinajstić information content (AvgIpc) is 3.61. The maximum absolute atomic E-state index is 13.7. The first-order chi connectivity index (χ1) is 16.8. The van der Waals surface area contributed by atoms with Crippen molar-refractivity contribution in [3.63, 3.8) is 0 Å². The Bertz CT molecular complexity index is 1430. The van der Waals surface area contributed by atoms with E-state index in [-0.39, 0.29) is 39.5 Å². The molecule has 2 aromatic heterocycles. The van der Waals surface area contributed by atoms with Gasteiger partial charge in [-0.3, -0.25) is 14.4 Å². The molecule has 2 bridgehead atoms. The van der Waals surface area contributed by atoms with Gasteiger partial charge in [0.2, 0.25) is 11.8 Å². The highest BCUT2D eigenvalue weighted by Gasteiger charge is 2.70. The van der Waals surface area contributed by atoms with E-state index < -0.39 is 35.4 Å². The average molecular weight is 535 g/mol. The number of amides is 2. The zero-order valence-electron chi connectivity index (χ0n) is 17.8. The maximum Gasteiger partial charge on any atom is 0.418 e. The predicted octanol–water partition coefficient (Wildman–Crippen LogP) is 5.19. The predicted molar refractivity (Wildman–Crippen MR) is 127 cm³/mol. The summed E-state index contributed by atoms with van der Waals surface area (Å²) in [6.45, 7) is 0. The minimum atomic E-state index is -4.68. The van der Waals surface area contributed by atoms with Crippen molar-refractivity contribution in [1.29, 1.82) is 0 Å². The van der Waals surface area contributed by atoms with Crippen LogP contribution in [0.1, 0.15) is 27.7 Å². The van der Waals surface area contributed by atoms with E-state index in [9.17, 15) is 27.6 Å². The third-order valence-electron chi connectivity index (χ3n) is 8.02. The minimum Gasteiger partial charge on any atom is -0.307 e. The molecule has 35 heavy (non-hydrogen) atoms. The number of H-pyrrole nitrogens is 1. The lowest BCUT2D eigenvalue weighted by atomic mass is 9.69. The van der Waals surface area contributed by atoms with Crippen molar-refractivity contribution < 1.29 is 22.8 Å². The van der Waals surface area contributed by atoms with Crippen LogP contribution in [0.4, 0.5) is 18.9 Å². The number of carbonyl (C=O) groups excluding carboxylic acids is 2. The third kappa shape index (κ3) is 2.91. The first-order valence-corrected chi connectivity index (χ1v) is 13.8. The molecular weight excluding hydrogens is 517 g/mol. The molecule has 1 saturated heterocycles. The first-order valence-electron chi connectivity index (χ1n) is 11.2. The van der Waals surface area contributed by atoms with Crippen LogP contribution in [0.3, 0.4) is 0 Å². The number of nitrogens with zero attached hydrogens (tertiary/aromatic N) is 1. The number of rotatable bonds is 2. The molecule has 2 saturated carbocycles. The zero-order valence-corrected chi connectivity index (χ0v) is 20.3. The van der Waals surface area contributed by atoms with Crippen molar-refractivity contribution >= 4 is 51.9 Å². The number of thioether (sulfide) groups is 1. The van der Waals surface area contributed by atoms with Gasteiger partial charge in [0.05, 0.1) is 28.1 Å². The van der Waals surface area contributed by atoms with Crippen LogP contribution in [0.5, 0.6) is 0 Å². The summed E-state index contributed by atoms with van der Waals surface area (Å²) in [6, 6.07) is 8.80. The summed E-state index contributed by atoms with van der Waals surface area (Å²) in [6.07, 6.45) is -3.98. The highest BCUT2D eigenvalue weighted by Crippen LogP contribution is 2.69. The molecule has 1 N–H and O–H groups in total. The highest BCUT2D eigenvalue weighted by molar-refractivity contribution is 8.00. The Morgan fingerprint density at radius 2 is 1.71 bits per heavy atom. The van der Waals surface area contributed by atoms with Gasteiger partial charge in [-0.15, -0.1) is 23.1 Å². The van der Waals surface area contributed by atoms with E-state index in [0.29, 0.717) is 6.42 Å². The fraction of sp³-hybridized carbons (Fsp3) is 0.375. The van der Waals surface area contributed by atoms with E-state index in [0.717, 1.165) is 25.7 Å². The van der Waals surface area contributed by atoms with Crippen molar-refractivity contribution in [3.05, 3.63) is 66.8 Å². The van der Waals surface area contributed by atoms with Crippen LogP contribution in [0.25, 0.3) is 0 Å². The molecule has 180 valence electrons. The van der Waals surface area contributed by atoms with Gasteiger partial charge >= 0.3 is 11.0 Å². The molecule has 2 amide bonds. The number of aromatic nitrogens is 1. The molecule has 11 heteroatoms. The summed E-state index contributed by atoms with van der Waals surface area (Å²) in [5.74, 6) is -2.58. The molecule has 7 rings (SSSR count). The molecule has 2 aliphatic heterocycles. The molecule has 0 radical (unpaired) electrons. The van der Waals surface area contributed by atoms with Crippen molar-refractivity contribution in [3.8, 4) is 0 Å². The lowest BCUT2D eigenvalue weighted by molar-refractivity contribution is -0.137. The number of alkyl halides is 3. The monoisotopic (exact) mass is 534 g/mol. The smallest absolute Gasteiger partial charge is 0.307 e. The number of benzene rings is 1. The van der Waals surface area contributed by atoms with Crippen LogP contribution in [0.2, 0.25) is 0 Å². The van der Waals surface area contributed by atoms with E-state index in [1.807, 2.05) is 17.5 Å². The van der Waals surface area contributed by atoms with Gasteiger partial charge in [-0.1, -0.05) is 29.5 Å². The Hall–Kier alpha value is -2.37. The van der Waals surface area contributed by atoms with Crippen molar-refractivity contribution in [2.45, 2.75) is 28.8 Å². The first kappa shape index (κ1) is 21.9. The number of nitrogens with one attached hydrogen (secondary N) is 1. The summed E-state index contributed by atoms with van der Waals surface area (Å²) in [7, 11) is 0. The van der Waals surface area contributed by atoms with E-state index in [4.69, 9.17) is 0 Å². The number of fused-ring (bicyclic) bond motifs is 9. The Kier molecular flexibility index (Phi) is 4.58. The van der Waals surface area contributed by atoms with Gasteiger partial charge < -0.3 is 4.98 Å². The molecule has 1 aromatic carbocycles. The van der Waals surface area contributed by atoms with Gasteiger partial charge in [0.15, 0.2) is 0 Å². The lowest BCUT2D eigenvalue weighted by Gasteiger charge is -2.42. The van der Waals surface area contributed by atoms with Gasteiger partial charge in [-0.2, -0.15) is 13.2 Å². The topological polar surface area (TPSA) is 70.2 Å². The zero-order chi connectivity index (χ0) is 24.2. The third-order valence-corrected chi connectivity index (χ3v) is 11.6. The number of imide groups is 1. The quantitative estimate of drug-likeness (QED) is 0.459. The fourth-order valence-electron chi connectivity index (χ4n) is 6.95. The van der Waals surface area contributed by atoms with Gasteiger partial charge in [-0.25, -0.2) is 4.90 Å². The molecule has 0 spiro atoms. The van der Waals surface area contributed by atoms with Crippen LogP contribution in [-0.2, 0) is 15.8 Å². The second kappa shape index (κ2) is 7.33. The van der Waals surface area contributed by atoms with Crippen LogP contribution < -0.4 is 9.77 Å². The molecule has 5 nitrogen and oxygen atoms in total. The normalized spacial score (nSPS) is 33.2. The van der Waals surface area contributed by atoms with E-state index in [1.54, 1.807) is 23.1 Å². The molecule has 5 unspecified atom stereocenters. The Morgan fingerprint density at radius 1 is 0.971 bits per heavy atom. The van der Waals surface area contributed by atoms with Crippen molar-refractivity contribution in [1.82, 2.24) is 4.98 Å². The summed E-state index contributed by atoms with van der Waals surface area (Å²) in [5.41, 5.74) is -1.35. The second-order valence-electron chi connectivity index (χ2n) is 9.50. The number of para-hydroxylation sites is 1. The molecule has 4 aliphatic rings. The van der Waals surface area contributed by atoms with Gasteiger partial charge in [0.25, 0.3) is 0 Å². The molecule has 4 heterocycles. The molecule has 3 fully saturated rings. The van der Waals surface area contributed by atoms with Gasteiger partial charge in [0.1, 0.15) is 0 Å². The lowest BCUT2D eigenvalue weighted by Crippen LogP contribution is -2.42. The van der Waals surface area contributed by atoms with E-state index >= 15 is 0 Å². The van der Waals surface area contributed by atoms with Crippen LogP contribution >= 0.6 is 34.4 Å². The summed E-state index contributed by atoms with van der Waals surface area (Å²) in [5, 5.41) is 2.82. The molecule has 7 atom stereocenters. The number of thiazole rings is 1. The fourth-order valence-corrected chi connectivity index (χ4v) is 10.8. The van der Waals surface area contributed by atoms with Crippen LogP contribution in [-0.4, -0.2) is 22.0 Å². The van der Waals surface area contributed by atoms with Crippen molar-refractivity contribution in [2.24, 2.45) is 29.6 Å². The number of hydrogen-bond acceptors (Lipinski definition) is 6. The summed E-state index contributed by atoms with van der Waals surface area (Å²) >= 11 is 4.36. The van der Waals surface area contributed by atoms with Gasteiger partial charge in [0, 0.05) is 20.9 Å². The molecule has 3 aromatic rings. The highest BCUT2D eigenvalue weighted by atomic mass is 32.2. The number of thiophene rings is 1. The standard InChI is InChI=1S/C24H17F3N2O3S3/c25-24(26,27)11-4-1-2-5-12(11)29-21(30)15-9-8-10(16(15)22(29)31)18-14(9)17(13-6-3-7-33-13)19-20(34-18)28-23(32)35-19/h1-7,9-10,14-18H,8H2,(H,28,32)/t9-,10-,14?,15?,16?,17?,18?/m1/s1. The van der Waals surface area contributed by atoms with Crippen molar-refractivity contribution in [2.75, 3.05) is 4.90 Å². The summed E-state index contributed by atoms with van der Waals surface area (Å²) < 4.78 is 41.2. The van der Waals surface area contributed by atoms with E-state index in [1.165, 1.54) is 29.5 Å². The summed E-state index contributed by atoms with van der Waals surface area (Å²) in [4.78, 5) is 45.2. The number of aromatic amines is 1. The maximum atomic E-state index is 13.7. The molecular formula is C24H17F3N2O3S3. The Balaban J connectivity index is 1.32. The van der Waals surface area contributed by atoms with Gasteiger partial charge in [-0.05, 0) is 47.8 Å². The Morgan fingerprint density at radius 3 is 2.43 bits per heavy atom. The second-order valence-corrected chi connectivity index (χ2v) is 12.7. The minimum absolute atomic E-state index is 0.0145. The SMILES string of the molecule is O=C1C2C(C(=O)N1c1ccccc1C(F)(F)F)[C@@H]1C[C@H]2C2Sc3[nH]c(=O)sc3C(c3cccs3)C21. The largest absolute Gasteiger partial charge is 0.418 e. The molecule has 2 aliphatic carbocycles. The Labute approximate surface area is 209 Å². The van der Waals surface area contributed by atoms with Crippen LogP contribution in [0, 0.1) is 29.6 Å². The number of anilines is 1. The number of hydrogen-bond donors (Lipinski definition) is 1. The van der Waals surface area contributed by atoms with Crippen LogP contribution in [0.15, 0.2) is 51.6 Å². The number of carbonyl (C=O) groups is 2. The van der Waals surface area contributed by atoms with E-state index in [2.05, 4.69) is 4.98 Å². The number of halogens is 3.